The Balaban J connectivity index is 1.43. The number of pyridine rings is 2. The standard InChI is InChI=1S/C46H45IN4/c1-44(2,3)28-10-14-38-32(22-28)33-23-29(45(4,5)6)11-15-39(33)50(38)42-18-20-48-26-36(42)37-27-49-21-19-43(37)51-40-16-12-30(46(7,8)9)24-34(40)35-25-31(47)13-17-41(35)51/h10-27H,1-9H3. The number of hydrogen-bond donors (Lipinski definition) is 0. The molecule has 0 spiro atoms. The molecule has 51 heavy (non-hydrogen) atoms. The van der Waals surface area contributed by atoms with Crippen LogP contribution in [0.2, 0.25) is 0 Å². The van der Waals surface area contributed by atoms with E-state index in [0.717, 1.165) is 22.5 Å². The van der Waals surface area contributed by atoms with Gasteiger partial charge < -0.3 is 9.13 Å². The first-order chi connectivity index (χ1) is 24.1. The number of benzene rings is 4. The van der Waals surface area contributed by atoms with Crippen molar-refractivity contribution in [2.75, 3.05) is 0 Å². The molecule has 0 radical (unpaired) electrons. The first-order valence-electron chi connectivity index (χ1n) is 17.8. The minimum Gasteiger partial charge on any atom is -0.309 e. The maximum atomic E-state index is 4.73. The summed E-state index contributed by atoms with van der Waals surface area (Å²) in [4.78, 5) is 9.46. The van der Waals surface area contributed by atoms with E-state index in [-0.39, 0.29) is 16.2 Å². The molecule has 0 aliphatic carbocycles. The zero-order chi connectivity index (χ0) is 36.0. The van der Waals surface area contributed by atoms with E-state index in [1.807, 2.05) is 24.8 Å². The molecule has 8 aromatic rings. The molecule has 8 rings (SSSR count). The Morgan fingerprint density at radius 2 is 0.765 bits per heavy atom. The first kappa shape index (κ1) is 33.6. The van der Waals surface area contributed by atoms with Crippen LogP contribution in [0.5, 0.6) is 0 Å². The summed E-state index contributed by atoms with van der Waals surface area (Å²) in [5.41, 5.74) is 13.0. The van der Waals surface area contributed by atoms with Gasteiger partial charge in [0.15, 0.2) is 0 Å². The molecule has 4 aromatic heterocycles. The molecule has 0 saturated carbocycles. The summed E-state index contributed by atoms with van der Waals surface area (Å²) in [7, 11) is 0. The Kier molecular flexibility index (Phi) is 7.77. The van der Waals surface area contributed by atoms with Crippen molar-refractivity contribution in [3.63, 3.8) is 0 Å². The van der Waals surface area contributed by atoms with E-state index in [4.69, 9.17) is 9.97 Å². The molecule has 0 aliphatic heterocycles. The van der Waals surface area contributed by atoms with Crippen molar-refractivity contribution < 1.29 is 0 Å². The number of hydrogen-bond acceptors (Lipinski definition) is 2. The summed E-state index contributed by atoms with van der Waals surface area (Å²) in [6, 6.07) is 32.1. The molecule has 0 aliphatic rings. The Hall–Kier alpha value is -4.49. The lowest BCUT2D eigenvalue weighted by atomic mass is 9.85. The van der Waals surface area contributed by atoms with Gasteiger partial charge in [-0.15, -0.1) is 0 Å². The van der Waals surface area contributed by atoms with Gasteiger partial charge in [-0.25, -0.2) is 0 Å². The summed E-state index contributed by atoms with van der Waals surface area (Å²) < 4.78 is 6.07. The number of rotatable bonds is 3. The quantitative estimate of drug-likeness (QED) is 0.167. The van der Waals surface area contributed by atoms with Crippen LogP contribution in [0.3, 0.4) is 0 Å². The molecule has 0 amide bonds. The zero-order valence-electron chi connectivity index (χ0n) is 31.1. The Morgan fingerprint density at radius 3 is 1.12 bits per heavy atom. The molecule has 0 unspecified atom stereocenters. The fourth-order valence-corrected chi connectivity index (χ4v) is 8.01. The van der Waals surface area contributed by atoms with Gasteiger partial charge in [-0.1, -0.05) is 80.5 Å². The highest BCUT2D eigenvalue weighted by molar-refractivity contribution is 14.1. The van der Waals surface area contributed by atoms with Gasteiger partial charge in [0.2, 0.25) is 0 Å². The number of halogens is 1. The lowest BCUT2D eigenvalue weighted by molar-refractivity contribution is 0.590. The highest BCUT2D eigenvalue weighted by atomic mass is 127. The van der Waals surface area contributed by atoms with Crippen molar-refractivity contribution >= 4 is 66.2 Å². The molecule has 4 heterocycles. The van der Waals surface area contributed by atoms with Crippen molar-refractivity contribution in [2.45, 2.75) is 78.6 Å². The molecular weight excluding hydrogens is 735 g/mol. The lowest BCUT2D eigenvalue weighted by Crippen LogP contribution is -2.10. The van der Waals surface area contributed by atoms with E-state index >= 15 is 0 Å². The van der Waals surface area contributed by atoms with Gasteiger partial charge in [-0.05, 0) is 122 Å². The van der Waals surface area contributed by atoms with Crippen LogP contribution in [0, 0.1) is 3.57 Å². The molecular formula is C46H45IN4. The van der Waals surface area contributed by atoms with Gasteiger partial charge in [0.25, 0.3) is 0 Å². The Morgan fingerprint density at radius 1 is 0.431 bits per heavy atom. The first-order valence-corrected chi connectivity index (χ1v) is 18.9. The Bertz CT molecular complexity index is 2580. The van der Waals surface area contributed by atoms with Gasteiger partial charge in [-0.2, -0.15) is 0 Å². The van der Waals surface area contributed by atoms with E-state index in [2.05, 4.69) is 179 Å². The number of nitrogens with zero attached hydrogens (tertiary/aromatic N) is 4. The van der Waals surface area contributed by atoms with Crippen LogP contribution in [0.1, 0.15) is 79.0 Å². The van der Waals surface area contributed by atoms with Crippen LogP contribution in [-0.4, -0.2) is 19.1 Å². The molecule has 0 bridgehead atoms. The van der Waals surface area contributed by atoms with Crippen LogP contribution in [0.15, 0.2) is 110 Å². The highest BCUT2D eigenvalue weighted by Gasteiger charge is 2.24. The van der Waals surface area contributed by atoms with Crippen LogP contribution in [-0.2, 0) is 16.2 Å². The molecule has 0 saturated heterocycles. The van der Waals surface area contributed by atoms with Crippen LogP contribution >= 0.6 is 22.6 Å². The van der Waals surface area contributed by atoms with Gasteiger partial charge in [0.05, 0.1) is 33.4 Å². The van der Waals surface area contributed by atoms with Gasteiger partial charge >= 0.3 is 0 Å². The third-order valence-electron chi connectivity index (χ3n) is 10.5. The van der Waals surface area contributed by atoms with E-state index in [9.17, 15) is 0 Å². The van der Waals surface area contributed by atoms with E-state index in [1.54, 1.807) is 0 Å². The third-order valence-corrected chi connectivity index (χ3v) is 11.1. The zero-order valence-corrected chi connectivity index (χ0v) is 33.2. The third kappa shape index (κ3) is 5.65. The molecule has 4 aromatic carbocycles. The normalized spacial score (nSPS) is 12.9. The van der Waals surface area contributed by atoms with Gasteiger partial charge in [0, 0.05) is 61.0 Å². The summed E-state index contributed by atoms with van der Waals surface area (Å²) in [5, 5.41) is 5.05. The fourth-order valence-electron chi connectivity index (χ4n) is 7.52. The monoisotopic (exact) mass is 780 g/mol. The number of aromatic nitrogens is 4. The van der Waals surface area contributed by atoms with Crippen molar-refractivity contribution in [1.29, 1.82) is 0 Å². The summed E-state index contributed by atoms with van der Waals surface area (Å²) in [5.74, 6) is 0. The summed E-state index contributed by atoms with van der Waals surface area (Å²) in [6.07, 6.45) is 7.84. The van der Waals surface area contributed by atoms with Crippen molar-refractivity contribution in [2.24, 2.45) is 0 Å². The van der Waals surface area contributed by atoms with E-state index < -0.39 is 0 Å². The van der Waals surface area contributed by atoms with E-state index in [0.29, 0.717) is 0 Å². The van der Waals surface area contributed by atoms with Gasteiger partial charge in [0.1, 0.15) is 0 Å². The largest absolute Gasteiger partial charge is 0.309 e. The predicted molar refractivity (Wildman–Crippen MR) is 225 cm³/mol. The van der Waals surface area contributed by atoms with Crippen LogP contribution in [0.4, 0.5) is 0 Å². The van der Waals surface area contributed by atoms with Crippen molar-refractivity contribution in [3.8, 4) is 22.5 Å². The molecule has 4 nitrogen and oxygen atoms in total. The highest BCUT2D eigenvalue weighted by Crippen LogP contribution is 2.42. The molecule has 0 N–H and O–H groups in total. The second-order valence-corrected chi connectivity index (χ2v) is 18.3. The van der Waals surface area contributed by atoms with Crippen LogP contribution in [0.25, 0.3) is 66.1 Å². The molecule has 256 valence electrons. The topological polar surface area (TPSA) is 35.6 Å². The second-order valence-electron chi connectivity index (χ2n) is 17.1. The average Bonchev–Trinajstić information content (AvgIpc) is 3.58. The SMILES string of the molecule is CC(C)(C)c1ccc2c(c1)c1cc(I)ccc1n2-c1ccncc1-c1cnccc1-n1c2ccc(C(C)(C)C)cc2c2cc(C(C)(C)C)ccc21. The predicted octanol–water partition coefficient (Wildman–Crippen LogP) is 12.8. The summed E-state index contributed by atoms with van der Waals surface area (Å²) in [6.45, 7) is 20.6. The minimum absolute atomic E-state index is 0.0325. The maximum absolute atomic E-state index is 4.73. The fraction of sp³-hybridized carbons (Fsp3) is 0.261. The van der Waals surface area contributed by atoms with Crippen LogP contribution < -0.4 is 0 Å². The van der Waals surface area contributed by atoms with Crippen molar-refractivity contribution in [3.05, 3.63) is 130 Å². The molecule has 0 fully saturated rings. The molecule has 0 atom stereocenters. The van der Waals surface area contributed by atoms with E-state index in [1.165, 1.54) is 63.9 Å². The lowest BCUT2D eigenvalue weighted by Gasteiger charge is -2.20. The number of fused-ring (bicyclic) bond motifs is 6. The maximum Gasteiger partial charge on any atom is 0.0572 e. The second kappa shape index (κ2) is 11.8. The Labute approximate surface area is 314 Å². The molecule has 5 heteroatoms. The van der Waals surface area contributed by atoms with Crippen molar-refractivity contribution in [1.82, 2.24) is 19.1 Å². The summed E-state index contributed by atoms with van der Waals surface area (Å²) >= 11 is 2.43. The van der Waals surface area contributed by atoms with Gasteiger partial charge in [-0.3, -0.25) is 9.97 Å². The minimum atomic E-state index is 0.0325. The average molecular weight is 781 g/mol. The smallest absolute Gasteiger partial charge is 0.0572 e.